The predicted molar refractivity (Wildman–Crippen MR) is 94.3 cm³/mol. The van der Waals surface area contributed by atoms with Crippen molar-refractivity contribution < 1.29 is 8.91 Å². The number of halogens is 1. The van der Waals surface area contributed by atoms with Gasteiger partial charge in [-0.25, -0.2) is 9.37 Å². The summed E-state index contributed by atoms with van der Waals surface area (Å²) in [5.41, 5.74) is 2.26. The molecule has 25 heavy (non-hydrogen) atoms. The average Bonchev–Trinajstić information content (AvgIpc) is 3.11. The molecule has 4 rings (SSSR count). The molecule has 0 aliphatic rings. The molecule has 3 heterocycles. The normalized spacial score (nSPS) is 12.2. The lowest BCUT2D eigenvalue weighted by Crippen LogP contribution is -2.09. The Balaban J connectivity index is 1.72. The van der Waals surface area contributed by atoms with E-state index in [-0.39, 0.29) is 11.2 Å². The number of benzene rings is 1. The van der Waals surface area contributed by atoms with Crippen molar-refractivity contribution in [2.75, 3.05) is 5.32 Å². The van der Waals surface area contributed by atoms with Crippen molar-refractivity contribution in [3.63, 3.8) is 0 Å². The Morgan fingerprint density at radius 2 is 2.12 bits per heavy atom. The molecule has 0 saturated heterocycles. The lowest BCUT2D eigenvalue weighted by molar-refractivity contribution is 0.382. The predicted octanol–water partition coefficient (Wildman–Crippen LogP) is 4.57. The van der Waals surface area contributed by atoms with Gasteiger partial charge < -0.3 is 9.84 Å². The number of hydrogen-bond acceptors (Lipinski definition) is 5. The van der Waals surface area contributed by atoms with E-state index in [1.807, 2.05) is 12.1 Å². The van der Waals surface area contributed by atoms with E-state index in [2.05, 4.69) is 46.4 Å². The number of rotatable bonds is 3. The summed E-state index contributed by atoms with van der Waals surface area (Å²) in [7, 11) is 0. The van der Waals surface area contributed by atoms with Crippen LogP contribution in [0.3, 0.4) is 0 Å². The van der Waals surface area contributed by atoms with Crippen LogP contribution in [0.2, 0.25) is 0 Å². The van der Waals surface area contributed by atoms with E-state index < -0.39 is 0 Å². The zero-order valence-corrected chi connectivity index (χ0v) is 14.2. The van der Waals surface area contributed by atoms with Crippen LogP contribution in [0.5, 0.6) is 0 Å². The molecule has 0 bridgehead atoms. The van der Waals surface area contributed by atoms with Gasteiger partial charge in [0.15, 0.2) is 17.0 Å². The topological polar surface area (TPSA) is 79.6 Å². The maximum Gasteiger partial charge on any atom is 0.172 e. The van der Waals surface area contributed by atoms with Gasteiger partial charge in [0.2, 0.25) is 0 Å². The molecule has 7 heteroatoms. The van der Waals surface area contributed by atoms with Crippen molar-refractivity contribution in [1.82, 2.24) is 20.3 Å². The fourth-order valence-electron chi connectivity index (χ4n) is 2.87. The largest absolute Gasteiger partial charge is 0.356 e. The number of aromatic amines is 1. The number of nitrogens with zero attached hydrogens (tertiary/aromatic N) is 3. The van der Waals surface area contributed by atoms with Crippen LogP contribution < -0.4 is 5.32 Å². The van der Waals surface area contributed by atoms with Crippen LogP contribution in [0.25, 0.3) is 22.0 Å². The van der Waals surface area contributed by atoms with Gasteiger partial charge in [0.1, 0.15) is 5.82 Å². The Morgan fingerprint density at radius 3 is 2.92 bits per heavy atom. The molecule has 128 valence electrons. The minimum absolute atomic E-state index is 0.00583. The van der Waals surface area contributed by atoms with Crippen LogP contribution >= 0.6 is 0 Å². The zero-order chi connectivity index (χ0) is 17.6. The first-order valence-corrected chi connectivity index (χ1v) is 8.05. The molecule has 0 amide bonds. The summed E-state index contributed by atoms with van der Waals surface area (Å²) in [5, 5.41) is 15.5. The highest BCUT2D eigenvalue weighted by Gasteiger charge is 2.20. The van der Waals surface area contributed by atoms with Gasteiger partial charge in [-0.1, -0.05) is 25.9 Å². The quantitative estimate of drug-likeness (QED) is 0.571. The Kier molecular flexibility index (Phi) is 3.45. The number of fused-ring (bicyclic) bond motifs is 2. The monoisotopic (exact) mass is 339 g/mol. The highest BCUT2D eigenvalue weighted by molar-refractivity contribution is 5.90. The van der Waals surface area contributed by atoms with Gasteiger partial charge in [0.05, 0.1) is 16.5 Å². The molecule has 6 nitrogen and oxygen atoms in total. The van der Waals surface area contributed by atoms with Crippen molar-refractivity contribution in [3.8, 4) is 0 Å². The van der Waals surface area contributed by atoms with E-state index in [1.165, 1.54) is 6.07 Å². The number of aromatic nitrogens is 4. The number of hydrogen-bond donors (Lipinski definition) is 2. The summed E-state index contributed by atoms with van der Waals surface area (Å²) in [4.78, 5) is 4.19. The van der Waals surface area contributed by atoms with E-state index in [9.17, 15) is 4.39 Å². The first-order valence-electron chi connectivity index (χ1n) is 8.05. The number of anilines is 2. The second-order valence-corrected chi connectivity index (χ2v) is 7.29. The van der Waals surface area contributed by atoms with Gasteiger partial charge in [-0.3, -0.25) is 5.10 Å². The fourth-order valence-corrected chi connectivity index (χ4v) is 2.87. The molecule has 0 unspecified atom stereocenters. The maximum atomic E-state index is 14.7. The van der Waals surface area contributed by atoms with Gasteiger partial charge in [-0.15, -0.1) is 0 Å². The van der Waals surface area contributed by atoms with Gasteiger partial charge in [-0.05, 0) is 30.0 Å². The van der Waals surface area contributed by atoms with E-state index in [1.54, 1.807) is 12.3 Å². The van der Waals surface area contributed by atoms with Crippen molar-refractivity contribution >= 4 is 33.5 Å². The lowest BCUT2D eigenvalue weighted by atomic mass is 9.89. The van der Waals surface area contributed by atoms with Crippen LogP contribution in [-0.4, -0.2) is 20.3 Å². The Bertz CT molecular complexity index is 1060. The minimum Gasteiger partial charge on any atom is -0.356 e. The highest BCUT2D eigenvalue weighted by Crippen LogP contribution is 2.31. The van der Waals surface area contributed by atoms with E-state index in [4.69, 9.17) is 4.52 Å². The number of H-pyrrole nitrogens is 1. The highest BCUT2D eigenvalue weighted by atomic mass is 19.1. The third-order valence-electron chi connectivity index (χ3n) is 3.89. The first kappa shape index (κ1) is 15.6. The van der Waals surface area contributed by atoms with Crippen molar-refractivity contribution in [2.24, 2.45) is 5.41 Å². The van der Waals surface area contributed by atoms with Gasteiger partial charge in [-0.2, -0.15) is 5.10 Å². The fraction of sp³-hybridized carbons (Fsp3) is 0.278. The Morgan fingerprint density at radius 1 is 1.28 bits per heavy atom. The second-order valence-electron chi connectivity index (χ2n) is 7.29. The van der Waals surface area contributed by atoms with Crippen molar-refractivity contribution in [2.45, 2.75) is 27.2 Å². The molecule has 0 saturated carbocycles. The van der Waals surface area contributed by atoms with Crippen LogP contribution in [0.1, 0.15) is 26.5 Å². The molecule has 1 aromatic carbocycles. The van der Waals surface area contributed by atoms with Gasteiger partial charge in [0.25, 0.3) is 0 Å². The molecule has 0 radical (unpaired) electrons. The van der Waals surface area contributed by atoms with Crippen LogP contribution in [0, 0.1) is 11.2 Å². The molecule has 0 spiro atoms. The Hall–Kier alpha value is -2.96. The summed E-state index contributed by atoms with van der Waals surface area (Å²) < 4.78 is 20.0. The summed E-state index contributed by atoms with van der Waals surface area (Å²) in [6, 6.07) is 6.87. The smallest absolute Gasteiger partial charge is 0.172 e. The lowest BCUT2D eigenvalue weighted by Gasteiger charge is -2.15. The SMILES string of the molecule is CC(C)(C)Cc1noc2cc(Nc3n[nH]c4ncccc34)cc(F)c12. The van der Waals surface area contributed by atoms with Crippen LogP contribution in [0.4, 0.5) is 15.9 Å². The van der Waals surface area contributed by atoms with Crippen LogP contribution in [0.15, 0.2) is 35.0 Å². The van der Waals surface area contributed by atoms with Gasteiger partial charge >= 0.3 is 0 Å². The summed E-state index contributed by atoms with van der Waals surface area (Å²) >= 11 is 0. The summed E-state index contributed by atoms with van der Waals surface area (Å²) in [6.45, 7) is 6.24. The molecule has 0 aliphatic carbocycles. The zero-order valence-electron chi connectivity index (χ0n) is 14.2. The third kappa shape index (κ3) is 2.93. The Labute approximate surface area is 143 Å². The molecule has 2 N–H and O–H groups in total. The van der Waals surface area contributed by atoms with Crippen molar-refractivity contribution in [3.05, 3.63) is 42.0 Å². The molecule has 3 aromatic heterocycles. The second kappa shape index (κ2) is 5.54. The molecular formula is C18H18FN5O. The van der Waals surface area contributed by atoms with E-state index in [0.29, 0.717) is 40.2 Å². The molecular weight excluding hydrogens is 321 g/mol. The first-order chi connectivity index (χ1) is 11.9. The van der Waals surface area contributed by atoms with E-state index >= 15 is 0 Å². The number of pyridine rings is 1. The molecule has 4 aromatic rings. The molecule has 0 fully saturated rings. The summed E-state index contributed by atoms with van der Waals surface area (Å²) in [5.74, 6) is 0.217. The summed E-state index contributed by atoms with van der Waals surface area (Å²) in [6.07, 6.45) is 2.32. The third-order valence-corrected chi connectivity index (χ3v) is 3.89. The standard InChI is InChI=1S/C18H18FN5O/c1-18(2,3)9-13-15-12(19)7-10(8-14(15)25-24-13)21-17-11-5-4-6-20-16(11)22-23-17/h4-8H,9H2,1-3H3,(H2,20,21,22,23). The molecule has 0 aliphatic heterocycles. The number of nitrogens with one attached hydrogen (secondary N) is 2. The molecule has 0 atom stereocenters. The van der Waals surface area contributed by atoms with E-state index in [0.717, 1.165) is 5.39 Å². The van der Waals surface area contributed by atoms with Crippen molar-refractivity contribution in [1.29, 1.82) is 0 Å². The van der Waals surface area contributed by atoms with Crippen LogP contribution in [-0.2, 0) is 6.42 Å². The average molecular weight is 339 g/mol. The minimum atomic E-state index is -0.363. The van der Waals surface area contributed by atoms with Gasteiger partial charge in [0, 0.05) is 18.0 Å². The maximum absolute atomic E-state index is 14.7.